The first-order chi connectivity index (χ1) is 13.3. The molecule has 1 amide bonds. The third kappa shape index (κ3) is 4.26. The van der Waals surface area contributed by atoms with Gasteiger partial charge in [0.1, 0.15) is 4.88 Å². The van der Waals surface area contributed by atoms with Crippen LogP contribution in [0.25, 0.3) is 0 Å². The van der Waals surface area contributed by atoms with Crippen molar-refractivity contribution in [1.29, 1.82) is 0 Å². The molecule has 7 nitrogen and oxygen atoms in total. The Kier molecular flexibility index (Phi) is 6.17. The summed E-state index contributed by atoms with van der Waals surface area (Å²) in [5.41, 5.74) is 0.332. The van der Waals surface area contributed by atoms with Crippen molar-refractivity contribution in [3.8, 4) is 0 Å². The van der Waals surface area contributed by atoms with Crippen molar-refractivity contribution in [2.24, 2.45) is 0 Å². The van der Waals surface area contributed by atoms with Crippen LogP contribution in [0.1, 0.15) is 46.2 Å². The molecule has 150 valence electrons. The Morgan fingerprint density at radius 3 is 2.50 bits per heavy atom. The number of nitrogens with one attached hydrogen (secondary N) is 1. The summed E-state index contributed by atoms with van der Waals surface area (Å²) in [6.07, 6.45) is 2.75. The number of anilines is 1. The van der Waals surface area contributed by atoms with E-state index in [-0.39, 0.29) is 16.8 Å². The van der Waals surface area contributed by atoms with E-state index in [2.05, 4.69) is 10.1 Å². The lowest BCUT2D eigenvalue weighted by Gasteiger charge is -2.32. The van der Waals surface area contributed by atoms with Crippen LogP contribution in [0.15, 0.2) is 41.3 Å². The number of thiophene rings is 1. The minimum absolute atomic E-state index is 0.0236. The highest BCUT2D eigenvalue weighted by Crippen LogP contribution is 2.26. The van der Waals surface area contributed by atoms with Gasteiger partial charge >= 0.3 is 5.97 Å². The van der Waals surface area contributed by atoms with E-state index in [9.17, 15) is 18.0 Å². The molecule has 1 aliphatic rings. The molecule has 0 saturated carbocycles. The average Bonchev–Trinajstić information content (AvgIpc) is 3.16. The molecule has 0 unspecified atom stereocenters. The molecular weight excluding hydrogens is 400 g/mol. The Labute approximate surface area is 168 Å². The van der Waals surface area contributed by atoms with Crippen LogP contribution in [0.3, 0.4) is 0 Å². The summed E-state index contributed by atoms with van der Waals surface area (Å²) >= 11 is 1.11. The molecule has 1 saturated heterocycles. The fourth-order valence-corrected chi connectivity index (χ4v) is 5.66. The predicted octanol–water partition coefficient (Wildman–Crippen LogP) is 3.35. The van der Waals surface area contributed by atoms with Gasteiger partial charge in [0.25, 0.3) is 5.91 Å². The molecule has 2 aromatic rings. The van der Waals surface area contributed by atoms with Crippen LogP contribution in [0.2, 0.25) is 0 Å². The van der Waals surface area contributed by atoms with Crippen LogP contribution in [0.4, 0.5) is 5.00 Å². The quantitative estimate of drug-likeness (QED) is 0.746. The first-order valence-electron chi connectivity index (χ1n) is 8.94. The van der Waals surface area contributed by atoms with E-state index in [1.54, 1.807) is 12.1 Å². The Morgan fingerprint density at radius 2 is 1.86 bits per heavy atom. The van der Waals surface area contributed by atoms with Gasteiger partial charge < -0.3 is 10.1 Å². The fraction of sp³-hybridized carbons (Fsp3) is 0.368. The van der Waals surface area contributed by atoms with E-state index >= 15 is 0 Å². The van der Waals surface area contributed by atoms with E-state index < -0.39 is 16.0 Å². The third-order valence-electron chi connectivity index (χ3n) is 4.69. The summed E-state index contributed by atoms with van der Waals surface area (Å²) in [5.74, 6) is -0.847. The van der Waals surface area contributed by atoms with Crippen molar-refractivity contribution in [3.05, 3.63) is 46.8 Å². The lowest BCUT2D eigenvalue weighted by atomic mass is 10.1. The van der Waals surface area contributed by atoms with Gasteiger partial charge in [-0.15, -0.1) is 11.3 Å². The Hall–Kier alpha value is -2.23. The maximum Gasteiger partial charge on any atom is 0.348 e. The van der Waals surface area contributed by atoms with E-state index in [0.717, 1.165) is 30.6 Å². The monoisotopic (exact) mass is 422 g/mol. The third-order valence-corrected chi connectivity index (χ3v) is 7.70. The van der Waals surface area contributed by atoms with Crippen LogP contribution < -0.4 is 5.32 Å². The number of hydrogen-bond donors (Lipinski definition) is 1. The zero-order valence-electron chi connectivity index (χ0n) is 15.7. The van der Waals surface area contributed by atoms with E-state index in [0.29, 0.717) is 22.0 Å². The van der Waals surface area contributed by atoms with Gasteiger partial charge in [0.05, 0.1) is 17.0 Å². The second kappa shape index (κ2) is 8.42. The Morgan fingerprint density at radius 1 is 1.14 bits per heavy atom. The molecule has 1 atom stereocenters. The molecule has 0 radical (unpaired) electrons. The number of methoxy groups -OCH3 is 1. The number of hydrogen-bond acceptors (Lipinski definition) is 6. The molecule has 9 heteroatoms. The van der Waals surface area contributed by atoms with Crippen molar-refractivity contribution in [1.82, 2.24) is 4.31 Å². The first-order valence-corrected chi connectivity index (χ1v) is 11.2. The minimum Gasteiger partial charge on any atom is -0.465 e. The zero-order valence-corrected chi connectivity index (χ0v) is 17.3. The number of piperidine rings is 1. The maximum atomic E-state index is 12.8. The number of carbonyl (C=O) groups is 2. The Balaban J connectivity index is 1.72. The van der Waals surface area contributed by atoms with Gasteiger partial charge in [0.15, 0.2) is 0 Å². The minimum atomic E-state index is -3.57. The van der Waals surface area contributed by atoms with Gasteiger partial charge in [0.2, 0.25) is 10.0 Å². The van der Waals surface area contributed by atoms with Crippen molar-refractivity contribution in [2.45, 2.75) is 37.1 Å². The second-order valence-corrected chi connectivity index (χ2v) is 9.57. The largest absolute Gasteiger partial charge is 0.465 e. The summed E-state index contributed by atoms with van der Waals surface area (Å²) in [6, 6.07) is 9.06. The number of benzene rings is 1. The molecule has 1 aliphatic heterocycles. The summed E-state index contributed by atoms with van der Waals surface area (Å²) in [6.45, 7) is 2.44. The van der Waals surface area contributed by atoms with E-state index in [4.69, 9.17) is 0 Å². The molecule has 0 bridgehead atoms. The molecule has 1 fully saturated rings. The number of esters is 1. The van der Waals surface area contributed by atoms with Crippen LogP contribution in [-0.2, 0) is 14.8 Å². The van der Waals surface area contributed by atoms with Gasteiger partial charge in [-0.05, 0) is 56.2 Å². The molecule has 1 aromatic heterocycles. The van der Waals surface area contributed by atoms with Gasteiger partial charge in [-0.3, -0.25) is 4.79 Å². The lowest BCUT2D eigenvalue weighted by molar-refractivity contribution is 0.0606. The topological polar surface area (TPSA) is 92.8 Å². The standard InChI is InChI=1S/C19H22N2O5S2/c1-13-5-3-4-12-21(13)28(24,25)15-8-6-14(7-9-15)18(22)20-17-11-10-16(27-17)19(23)26-2/h6-11,13H,3-5,12H2,1-2H3,(H,20,22)/t13-/m1/s1. The fourth-order valence-electron chi connectivity index (χ4n) is 3.14. The van der Waals surface area contributed by atoms with Crippen molar-refractivity contribution >= 4 is 38.2 Å². The summed E-state index contributed by atoms with van der Waals surface area (Å²) < 4.78 is 31.9. The molecule has 1 aromatic carbocycles. The van der Waals surface area contributed by atoms with Gasteiger partial charge in [0, 0.05) is 18.2 Å². The first kappa shape index (κ1) is 20.5. The second-order valence-electron chi connectivity index (χ2n) is 6.59. The number of nitrogens with zero attached hydrogens (tertiary/aromatic N) is 1. The smallest absolute Gasteiger partial charge is 0.348 e. The number of sulfonamides is 1. The Bertz CT molecular complexity index is 966. The van der Waals surface area contributed by atoms with Crippen LogP contribution in [-0.4, -0.2) is 44.3 Å². The van der Waals surface area contributed by atoms with Gasteiger partial charge in [-0.2, -0.15) is 4.31 Å². The molecule has 1 N–H and O–H groups in total. The molecule has 0 aliphatic carbocycles. The molecule has 0 spiro atoms. The molecule has 3 rings (SSSR count). The number of ether oxygens (including phenoxy) is 1. The maximum absolute atomic E-state index is 12.8. The van der Waals surface area contributed by atoms with Gasteiger partial charge in [-0.1, -0.05) is 6.42 Å². The number of rotatable bonds is 5. The van der Waals surface area contributed by atoms with Gasteiger partial charge in [-0.25, -0.2) is 13.2 Å². The summed E-state index contributed by atoms with van der Waals surface area (Å²) in [7, 11) is -2.28. The van der Waals surface area contributed by atoms with Crippen LogP contribution in [0, 0.1) is 0 Å². The van der Waals surface area contributed by atoms with Crippen molar-refractivity contribution < 1.29 is 22.7 Å². The van der Waals surface area contributed by atoms with Crippen LogP contribution >= 0.6 is 11.3 Å². The molecule has 28 heavy (non-hydrogen) atoms. The number of carbonyl (C=O) groups excluding carboxylic acids is 2. The summed E-state index contributed by atoms with van der Waals surface area (Å²) in [5, 5.41) is 3.20. The van der Waals surface area contributed by atoms with E-state index in [1.165, 1.54) is 35.7 Å². The number of amides is 1. The normalized spacial score (nSPS) is 17.9. The highest BCUT2D eigenvalue weighted by molar-refractivity contribution is 7.89. The van der Waals surface area contributed by atoms with Crippen molar-refractivity contribution in [3.63, 3.8) is 0 Å². The van der Waals surface area contributed by atoms with Crippen molar-refractivity contribution in [2.75, 3.05) is 19.0 Å². The summed E-state index contributed by atoms with van der Waals surface area (Å²) in [4.78, 5) is 24.4. The SMILES string of the molecule is COC(=O)c1ccc(NC(=O)c2ccc(S(=O)(=O)N3CCCC[C@H]3C)cc2)s1. The zero-order chi connectivity index (χ0) is 20.3. The molecule has 2 heterocycles. The predicted molar refractivity (Wildman–Crippen MR) is 107 cm³/mol. The highest BCUT2D eigenvalue weighted by atomic mass is 32.2. The molecular formula is C19H22N2O5S2. The lowest BCUT2D eigenvalue weighted by Crippen LogP contribution is -2.41. The van der Waals surface area contributed by atoms with E-state index in [1.807, 2.05) is 6.92 Å². The average molecular weight is 423 g/mol. The highest BCUT2D eigenvalue weighted by Gasteiger charge is 2.30. The van der Waals surface area contributed by atoms with Crippen LogP contribution in [0.5, 0.6) is 0 Å².